The fourth-order valence-corrected chi connectivity index (χ4v) is 3.05. The summed E-state index contributed by atoms with van der Waals surface area (Å²) in [7, 11) is 0. The summed E-state index contributed by atoms with van der Waals surface area (Å²) >= 11 is 0. The van der Waals surface area contributed by atoms with Gasteiger partial charge in [0, 0.05) is 6.61 Å². The van der Waals surface area contributed by atoms with Gasteiger partial charge in [-0.2, -0.15) is 0 Å². The lowest BCUT2D eigenvalue weighted by atomic mass is 10.2. The normalized spacial score (nSPS) is 11.4. The van der Waals surface area contributed by atoms with Gasteiger partial charge in [-0.25, -0.2) is 0 Å². The van der Waals surface area contributed by atoms with Crippen molar-refractivity contribution >= 4 is 5.97 Å². The number of unbranched alkanes of at least 4 members (excludes halogenated alkanes) is 4. The number of carboxylic acid groups (broad SMARTS) is 1. The largest absolute Gasteiger partial charge is 0.481 e. The van der Waals surface area contributed by atoms with Crippen molar-refractivity contribution in [1.82, 2.24) is 0 Å². The topological polar surface area (TPSA) is 130 Å². The van der Waals surface area contributed by atoms with Crippen LogP contribution >= 0.6 is 0 Å². The lowest BCUT2D eigenvalue weighted by Gasteiger charge is -2.09. The van der Waals surface area contributed by atoms with Gasteiger partial charge in [0.15, 0.2) is 0 Å². The van der Waals surface area contributed by atoms with Gasteiger partial charge in [-0.15, -0.1) is 0 Å². The Hall–Kier alpha value is -0.930. The Morgan fingerprint density at radius 2 is 0.625 bits per heavy atom. The molecule has 0 atom stereocenters. The Bertz CT molecular complexity index is 484. The van der Waals surface area contributed by atoms with Crippen LogP contribution in [0.5, 0.6) is 0 Å². The molecular formula is C28H56O12. The van der Waals surface area contributed by atoms with Crippen molar-refractivity contribution < 1.29 is 57.3 Å². The van der Waals surface area contributed by atoms with Gasteiger partial charge in [0.05, 0.1) is 132 Å². The van der Waals surface area contributed by atoms with E-state index >= 15 is 0 Å². The van der Waals surface area contributed by atoms with Crippen LogP contribution in [0.1, 0.15) is 45.4 Å². The molecule has 40 heavy (non-hydrogen) atoms. The molecule has 0 spiro atoms. The molecule has 0 saturated carbocycles. The molecule has 0 rings (SSSR count). The molecule has 0 aromatic heterocycles. The quantitative estimate of drug-likeness (QED) is 0.109. The molecular weight excluding hydrogens is 528 g/mol. The minimum Gasteiger partial charge on any atom is -0.481 e. The lowest BCUT2D eigenvalue weighted by Crippen LogP contribution is -2.15. The summed E-state index contributed by atoms with van der Waals surface area (Å²) in [5, 5.41) is 8.47. The van der Waals surface area contributed by atoms with Gasteiger partial charge in [0.1, 0.15) is 0 Å². The van der Waals surface area contributed by atoms with E-state index in [9.17, 15) is 4.79 Å². The summed E-state index contributed by atoms with van der Waals surface area (Å²) in [6.45, 7) is 12.4. The first-order chi connectivity index (χ1) is 19.8. The molecule has 0 heterocycles. The third-order valence-electron chi connectivity index (χ3n) is 5.20. The molecule has 0 aromatic rings. The summed E-state index contributed by atoms with van der Waals surface area (Å²) in [6, 6.07) is 0. The molecule has 0 bridgehead atoms. The molecule has 12 heteroatoms. The van der Waals surface area contributed by atoms with Crippen LogP contribution in [0.2, 0.25) is 0 Å². The van der Waals surface area contributed by atoms with E-state index in [0.29, 0.717) is 119 Å². The zero-order valence-corrected chi connectivity index (χ0v) is 24.8. The standard InChI is InChI=1S/C28H56O12/c1-2-3-4-5-6-8-31-10-12-33-14-16-35-18-20-37-22-24-39-26-27-40-25-23-38-21-19-36-17-15-34-13-11-32-9-7-28(29)30/h2-27H2,1H3,(H,29,30). The zero-order chi connectivity index (χ0) is 29.0. The molecule has 0 fully saturated rings. The summed E-state index contributed by atoms with van der Waals surface area (Å²) in [5.41, 5.74) is 0. The molecule has 0 unspecified atom stereocenters. The summed E-state index contributed by atoms with van der Waals surface area (Å²) in [6.07, 6.45) is 6.27. The zero-order valence-electron chi connectivity index (χ0n) is 24.8. The Morgan fingerprint density at radius 3 is 0.900 bits per heavy atom. The van der Waals surface area contributed by atoms with Crippen LogP contribution in [0.25, 0.3) is 0 Å². The van der Waals surface area contributed by atoms with Crippen LogP contribution in [-0.4, -0.2) is 143 Å². The molecule has 240 valence electrons. The predicted octanol–water partition coefficient (Wildman–Crippen LogP) is 2.60. The maximum atomic E-state index is 10.3. The first-order valence-corrected chi connectivity index (χ1v) is 14.8. The number of aliphatic carboxylic acids is 1. The predicted molar refractivity (Wildman–Crippen MR) is 149 cm³/mol. The van der Waals surface area contributed by atoms with Gasteiger partial charge >= 0.3 is 5.97 Å². The Morgan fingerprint density at radius 1 is 0.375 bits per heavy atom. The second-order valence-corrected chi connectivity index (χ2v) is 8.68. The van der Waals surface area contributed by atoms with E-state index in [1.54, 1.807) is 0 Å². The Kier molecular flexibility index (Phi) is 35.3. The van der Waals surface area contributed by atoms with E-state index in [1.807, 2.05) is 0 Å². The highest BCUT2D eigenvalue weighted by Crippen LogP contribution is 2.02. The van der Waals surface area contributed by atoms with Crippen LogP contribution in [0.4, 0.5) is 0 Å². The molecule has 0 aliphatic carbocycles. The summed E-state index contributed by atoms with van der Waals surface area (Å²) < 4.78 is 54.1. The van der Waals surface area contributed by atoms with Crippen molar-refractivity contribution in [2.45, 2.75) is 45.4 Å². The molecule has 1 N–H and O–H groups in total. The number of hydrogen-bond acceptors (Lipinski definition) is 11. The number of ether oxygens (including phenoxy) is 10. The SMILES string of the molecule is CCCCCCCOCCOCCOCCOCCOCCOCCOCCOCCOCCOCCC(=O)O. The van der Waals surface area contributed by atoms with Crippen LogP contribution in [0.3, 0.4) is 0 Å². The first kappa shape index (κ1) is 39.1. The van der Waals surface area contributed by atoms with Crippen molar-refractivity contribution in [3.8, 4) is 0 Å². The molecule has 0 radical (unpaired) electrons. The second-order valence-electron chi connectivity index (χ2n) is 8.68. The Balaban J connectivity index is 3.03. The Labute approximate surface area is 241 Å². The van der Waals surface area contributed by atoms with Crippen molar-refractivity contribution in [3.05, 3.63) is 0 Å². The van der Waals surface area contributed by atoms with Crippen molar-refractivity contribution in [2.75, 3.05) is 132 Å². The van der Waals surface area contributed by atoms with Crippen LogP contribution < -0.4 is 0 Å². The van der Waals surface area contributed by atoms with Crippen LogP contribution in [-0.2, 0) is 52.2 Å². The van der Waals surface area contributed by atoms with E-state index < -0.39 is 5.97 Å². The van der Waals surface area contributed by atoms with Gasteiger partial charge < -0.3 is 52.5 Å². The van der Waals surface area contributed by atoms with Gasteiger partial charge in [0.2, 0.25) is 0 Å². The first-order valence-electron chi connectivity index (χ1n) is 14.8. The number of hydrogen-bond donors (Lipinski definition) is 1. The molecule has 0 saturated heterocycles. The minimum absolute atomic E-state index is 0.00246. The summed E-state index contributed by atoms with van der Waals surface area (Å²) in [4.78, 5) is 10.3. The van der Waals surface area contributed by atoms with Gasteiger partial charge in [0.25, 0.3) is 0 Å². The van der Waals surface area contributed by atoms with Gasteiger partial charge in [-0.05, 0) is 6.42 Å². The van der Waals surface area contributed by atoms with E-state index in [0.717, 1.165) is 13.0 Å². The van der Waals surface area contributed by atoms with Crippen LogP contribution in [0, 0.1) is 0 Å². The van der Waals surface area contributed by atoms with Crippen LogP contribution in [0.15, 0.2) is 0 Å². The van der Waals surface area contributed by atoms with E-state index in [2.05, 4.69) is 6.92 Å². The third-order valence-corrected chi connectivity index (χ3v) is 5.20. The minimum atomic E-state index is -0.870. The van der Waals surface area contributed by atoms with Gasteiger partial charge in [-0.3, -0.25) is 4.79 Å². The highest BCUT2D eigenvalue weighted by atomic mass is 16.6. The average Bonchev–Trinajstić information content (AvgIpc) is 2.95. The molecule has 0 amide bonds. The molecule has 0 aliphatic heterocycles. The van der Waals surface area contributed by atoms with E-state index in [1.165, 1.54) is 25.7 Å². The highest BCUT2D eigenvalue weighted by molar-refractivity contribution is 5.66. The third kappa shape index (κ3) is 37.1. The molecule has 0 aromatic carbocycles. The highest BCUT2D eigenvalue weighted by Gasteiger charge is 1.97. The maximum Gasteiger partial charge on any atom is 0.305 e. The number of rotatable bonds is 36. The maximum absolute atomic E-state index is 10.3. The van der Waals surface area contributed by atoms with Gasteiger partial charge in [-0.1, -0.05) is 32.6 Å². The van der Waals surface area contributed by atoms with E-state index in [-0.39, 0.29) is 13.0 Å². The monoisotopic (exact) mass is 584 g/mol. The van der Waals surface area contributed by atoms with Crippen molar-refractivity contribution in [3.63, 3.8) is 0 Å². The smallest absolute Gasteiger partial charge is 0.305 e. The van der Waals surface area contributed by atoms with Crippen molar-refractivity contribution in [1.29, 1.82) is 0 Å². The number of carbonyl (C=O) groups is 1. The van der Waals surface area contributed by atoms with E-state index in [4.69, 9.17) is 52.5 Å². The fourth-order valence-electron chi connectivity index (χ4n) is 3.05. The summed E-state index contributed by atoms with van der Waals surface area (Å²) in [5.74, 6) is -0.870. The molecule has 12 nitrogen and oxygen atoms in total. The van der Waals surface area contributed by atoms with Crippen molar-refractivity contribution in [2.24, 2.45) is 0 Å². The average molecular weight is 585 g/mol. The lowest BCUT2D eigenvalue weighted by molar-refractivity contribution is -0.138. The number of carboxylic acids is 1. The second kappa shape index (κ2) is 36.1. The molecule has 0 aliphatic rings. The fraction of sp³-hybridized carbons (Fsp3) is 0.964.